The Hall–Kier alpha value is -0.460. The van der Waals surface area contributed by atoms with E-state index in [0.717, 1.165) is 54.3 Å². The van der Waals surface area contributed by atoms with Gasteiger partial charge in [-0.3, -0.25) is 0 Å². The van der Waals surface area contributed by atoms with E-state index in [1.807, 2.05) is 0 Å². The topological polar surface area (TPSA) is 20.2 Å². The lowest BCUT2D eigenvalue weighted by molar-refractivity contribution is -0.104. The molecule has 4 aliphatic rings. The van der Waals surface area contributed by atoms with Crippen molar-refractivity contribution in [3.63, 3.8) is 0 Å². The lowest BCUT2D eigenvalue weighted by atomic mass is 9.45. The number of hydrogen-bond acceptors (Lipinski definition) is 1. The molecule has 1 unspecified atom stereocenters. The van der Waals surface area contributed by atoms with E-state index in [1.165, 1.54) is 57.8 Å². The number of rotatable bonds is 5. The molecule has 0 aromatic rings. The molecule has 0 spiro atoms. The first-order valence-corrected chi connectivity index (χ1v) is 12.6. The second-order valence-corrected chi connectivity index (χ2v) is 12.3. The highest BCUT2D eigenvalue weighted by molar-refractivity contribution is 5.14. The maximum Gasteiger partial charge on any atom is 0.0886 e. The summed E-state index contributed by atoms with van der Waals surface area (Å²) in [4.78, 5) is 0. The van der Waals surface area contributed by atoms with Crippen LogP contribution in [0.4, 0.5) is 0 Å². The van der Waals surface area contributed by atoms with Crippen LogP contribution in [0.5, 0.6) is 0 Å². The van der Waals surface area contributed by atoms with Gasteiger partial charge in [-0.05, 0) is 103 Å². The molecular weight excluding hydrogens is 340 g/mol. The second-order valence-electron chi connectivity index (χ2n) is 12.3. The van der Waals surface area contributed by atoms with Crippen LogP contribution in [0.15, 0.2) is 11.8 Å². The minimum atomic E-state index is 0.456. The fraction of sp³-hybridized carbons (Fsp3) is 0.926. The third kappa shape index (κ3) is 3.37. The van der Waals surface area contributed by atoms with Crippen LogP contribution in [0.1, 0.15) is 105 Å². The fourth-order valence-corrected chi connectivity index (χ4v) is 8.89. The van der Waals surface area contributed by atoms with Gasteiger partial charge in [-0.15, -0.1) is 0 Å². The summed E-state index contributed by atoms with van der Waals surface area (Å²) in [6, 6.07) is 0. The summed E-state index contributed by atoms with van der Waals surface area (Å²) in [5, 5.41) is 10.1. The van der Waals surface area contributed by atoms with E-state index in [2.05, 4.69) is 40.7 Å². The molecule has 1 N–H and O–H groups in total. The Balaban J connectivity index is 1.48. The molecule has 0 aromatic carbocycles. The van der Waals surface area contributed by atoms with Gasteiger partial charge in [0, 0.05) is 6.42 Å². The summed E-state index contributed by atoms with van der Waals surface area (Å²) in [5.41, 5.74) is 1.06. The fourth-order valence-electron chi connectivity index (χ4n) is 8.89. The maximum absolute atomic E-state index is 10.1. The van der Waals surface area contributed by atoms with E-state index in [0.29, 0.717) is 16.6 Å². The molecule has 0 aromatic heterocycles. The minimum Gasteiger partial charge on any atom is -0.513 e. The molecule has 0 saturated heterocycles. The predicted molar refractivity (Wildman–Crippen MR) is 119 cm³/mol. The molecule has 0 heterocycles. The number of aliphatic hydroxyl groups is 1. The molecule has 3 fully saturated rings. The number of hydrogen-bond donors (Lipinski definition) is 1. The van der Waals surface area contributed by atoms with Crippen LogP contribution in [-0.2, 0) is 0 Å². The Morgan fingerprint density at radius 1 is 0.964 bits per heavy atom. The Morgan fingerprint density at radius 2 is 1.71 bits per heavy atom. The largest absolute Gasteiger partial charge is 0.513 e. The summed E-state index contributed by atoms with van der Waals surface area (Å²) < 4.78 is 0. The third-order valence-corrected chi connectivity index (χ3v) is 10.5. The zero-order chi connectivity index (χ0) is 20.1. The molecule has 8 atom stereocenters. The second kappa shape index (κ2) is 7.66. The van der Waals surface area contributed by atoms with Gasteiger partial charge in [-0.25, -0.2) is 0 Å². The molecule has 160 valence electrons. The predicted octanol–water partition coefficient (Wildman–Crippen LogP) is 8.16. The number of fused-ring (bicyclic) bond motifs is 5. The van der Waals surface area contributed by atoms with Gasteiger partial charge >= 0.3 is 0 Å². The maximum atomic E-state index is 10.1. The molecule has 0 bridgehead atoms. The standard InChI is InChI=1S/C27H46O/c1-18(2)7-6-8-19(3)23-11-12-24-22-10-9-20-17-21(28)13-15-26(20,4)25(22)14-16-27(23,24)5/h13,18-20,22-25,28H,6-12,14-17H2,1-5H3/t19-,20?,22+,23-,24+,25+,26+,27-/m1/s1. The number of aliphatic hydroxyl groups excluding tert-OH is 1. The van der Waals surface area contributed by atoms with Crippen molar-refractivity contribution in [3.05, 3.63) is 11.8 Å². The van der Waals surface area contributed by atoms with Crippen molar-refractivity contribution in [1.82, 2.24) is 0 Å². The summed E-state index contributed by atoms with van der Waals surface area (Å²) >= 11 is 0. The first-order chi connectivity index (χ1) is 13.3. The summed E-state index contributed by atoms with van der Waals surface area (Å²) in [7, 11) is 0. The average Bonchev–Trinajstić information content (AvgIpc) is 2.99. The van der Waals surface area contributed by atoms with Crippen LogP contribution in [0.3, 0.4) is 0 Å². The molecule has 0 aliphatic heterocycles. The van der Waals surface area contributed by atoms with E-state index in [1.54, 1.807) is 0 Å². The highest BCUT2D eigenvalue weighted by Crippen LogP contribution is 2.68. The van der Waals surface area contributed by atoms with Gasteiger partial charge in [0.2, 0.25) is 0 Å². The van der Waals surface area contributed by atoms with Gasteiger partial charge < -0.3 is 5.11 Å². The monoisotopic (exact) mass is 386 g/mol. The smallest absolute Gasteiger partial charge is 0.0886 e. The Kier molecular flexibility index (Phi) is 5.69. The summed E-state index contributed by atoms with van der Waals surface area (Å²) in [5.74, 6) is 6.98. The third-order valence-electron chi connectivity index (χ3n) is 10.5. The summed E-state index contributed by atoms with van der Waals surface area (Å²) in [6.07, 6.45) is 17.2. The molecule has 1 nitrogen and oxygen atoms in total. The molecule has 3 saturated carbocycles. The van der Waals surface area contributed by atoms with Crippen LogP contribution in [0, 0.1) is 52.3 Å². The molecular formula is C27H46O. The van der Waals surface area contributed by atoms with Crippen molar-refractivity contribution in [2.75, 3.05) is 0 Å². The highest BCUT2D eigenvalue weighted by Gasteiger charge is 2.60. The van der Waals surface area contributed by atoms with Gasteiger partial charge in [0.05, 0.1) is 5.76 Å². The molecule has 28 heavy (non-hydrogen) atoms. The first-order valence-electron chi connectivity index (χ1n) is 12.6. The van der Waals surface area contributed by atoms with Crippen LogP contribution in [0.25, 0.3) is 0 Å². The van der Waals surface area contributed by atoms with Crippen molar-refractivity contribution in [2.45, 2.75) is 105 Å². The van der Waals surface area contributed by atoms with Crippen LogP contribution >= 0.6 is 0 Å². The van der Waals surface area contributed by atoms with Crippen LogP contribution in [0.2, 0.25) is 0 Å². The van der Waals surface area contributed by atoms with E-state index < -0.39 is 0 Å². The van der Waals surface area contributed by atoms with Crippen molar-refractivity contribution in [3.8, 4) is 0 Å². The Labute approximate surface area is 174 Å². The first kappa shape index (κ1) is 20.8. The van der Waals surface area contributed by atoms with E-state index in [9.17, 15) is 5.11 Å². The minimum absolute atomic E-state index is 0.456. The Morgan fingerprint density at radius 3 is 2.46 bits per heavy atom. The van der Waals surface area contributed by atoms with Crippen LogP contribution < -0.4 is 0 Å². The van der Waals surface area contributed by atoms with Gasteiger partial charge in [0.25, 0.3) is 0 Å². The normalized spacial score (nSPS) is 46.5. The van der Waals surface area contributed by atoms with Gasteiger partial charge in [-0.1, -0.05) is 53.9 Å². The van der Waals surface area contributed by atoms with E-state index >= 15 is 0 Å². The zero-order valence-electron chi connectivity index (χ0n) is 19.3. The van der Waals surface area contributed by atoms with E-state index in [4.69, 9.17) is 0 Å². The molecule has 0 radical (unpaired) electrons. The lowest BCUT2D eigenvalue weighted by Gasteiger charge is -2.60. The van der Waals surface area contributed by atoms with Gasteiger partial charge in [0.1, 0.15) is 0 Å². The Bertz CT molecular complexity index is 591. The highest BCUT2D eigenvalue weighted by atomic mass is 16.3. The lowest BCUT2D eigenvalue weighted by Crippen LogP contribution is -2.52. The van der Waals surface area contributed by atoms with Crippen LogP contribution in [-0.4, -0.2) is 5.11 Å². The molecule has 1 heteroatoms. The van der Waals surface area contributed by atoms with Crippen molar-refractivity contribution >= 4 is 0 Å². The quantitative estimate of drug-likeness (QED) is 0.505. The van der Waals surface area contributed by atoms with Crippen molar-refractivity contribution in [2.24, 2.45) is 52.3 Å². The molecule has 4 aliphatic carbocycles. The number of allylic oxidation sites excluding steroid dienone is 2. The zero-order valence-corrected chi connectivity index (χ0v) is 19.3. The molecule has 0 amide bonds. The van der Waals surface area contributed by atoms with Gasteiger partial charge in [-0.2, -0.15) is 0 Å². The average molecular weight is 387 g/mol. The molecule has 4 rings (SSSR count). The van der Waals surface area contributed by atoms with E-state index in [-0.39, 0.29) is 0 Å². The van der Waals surface area contributed by atoms with Crippen molar-refractivity contribution < 1.29 is 5.11 Å². The SMILES string of the molecule is CC(C)CCC[C@@H](C)[C@H]1CC[C@H]2[C@@H]3CCC4CC(O)=CC[C@]4(C)[C@H]3CC[C@]12C. The summed E-state index contributed by atoms with van der Waals surface area (Å²) in [6.45, 7) is 12.6. The van der Waals surface area contributed by atoms with Crippen molar-refractivity contribution in [1.29, 1.82) is 0 Å². The van der Waals surface area contributed by atoms with Gasteiger partial charge in [0.15, 0.2) is 0 Å².